The molecule has 1 heterocycles. The van der Waals surface area contributed by atoms with Crippen LogP contribution in [0.5, 0.6) is 0 Å². The molecular formula is C14H15N3O4. The van der Waals surface area contributed by atoms with Crippen LogP contribution in [0.3, 0.4) is 0 Å². The second-order valence-corrected chi connectivity index (χ2v) is 5.21. The number of carbonyl (C=O) groups excluding carboxylic acids is 2. The van der Waals surface area contributed by atoms with Gasteiger partial charge in [0.2, 0.25) is 5.91 Å². The third kappa shape index (κ3) is 2.67. The Hall–Kier alpha value is -2.57. The van der Waals surface area contributed by atoms with Gasteiger partial charge < -0.3 is 15.7 Å². The van der Waals surface area contributed by atoms with Gasteiger partial charge in [0.05, 0.1) is 11.8 Å². The van der Waals surface area contributed by atoms with Crippen molar-refractivity contribution in [3.63, 3.8) is 0 Å². The second kappa shape index (κ2) is 5.08. The zero-order valence-corrected chi connectivity index (χ0v) is 11.2. The van der Waals surface area contributed by atoms with E-state index >= 15 is 0 Å². The number of carboxylic acid groups (broad SMARTS) is 1. The normalized spacial score (nSPS) is 23.6. The molecule has 1 aromatic carbocycles. The van der Waals surface area contributed by atoms with Crippen LogP contribution in [0.25, 0.3) is 0 Å². The fraction of sp³-hybridized carbons (Fsp3) is 0.357. The Labute approximate surface area is 120 Å². The third-order valence-corrected chi connectivity index (χ3v) is 3.75. The Morgan fingerprint density at radius 1 is 1.24 bits per heavy atom. The average molecular weight is 289 g/mol. The predicted molar refractivity (Wildman–Crippen MR) is 75.0 cm³/mol. The van der Waals surface area contributed by atoms with Gasteiger partial charge in [-0.2, -0.15) is 0 Å². The molecule has 1 aliphatic carbocycles. The molecule has 0 spiro atoms. The van der Waals surface area contributed by atoms with E-state index in [-0.39, 0.29) is 11.9 Å². The van der Waals surface area contributed by atoms with Gasteiger partial charge in [0, 0.05) is 24.5 Å². The van der Waals surface area contributed by atoms with Crippen molar-refractivity contribution in [2.75, 3.05) is 23.3 Å². The number of rotatable bonds is 4. The van der Waals surface area contributed by atoms with Crippen LogP contribution in [0, 0.1) is 11.8 Å². The summed E-state index contributed by atoms with van der Waals surface area (Å²) in [6.45, 7) is 1.24. The van der Waals surface area contributed by atoms with Crippen molar-refractivity contribution in [2.45, 2.75) is 6.42 Å². The van der Waals surface area contributed by atoms with E-state index < -0.39 is 17.8 Å². The fourth-order valence-electron chi connectivity index (χ4n) is 2.44. The van der Waals surface area contributed by atoms with Crippen LogP contribution in [-0.2, 0) is 9.59 Å². The smallest absolute Gasteiger partial charge is 0.321 e. The van der Waals surface area contributed by atoms with E-state index in [1.54, 1.807) is 29.2 Å². The summed E-state index contributed by atoms with van der Waals surface area (Å²) in [6.07, 6.45) is 0.396. The first-order valence-corrected chi connectivity index (χ1v) is 6.75. The van der Waals surface area contributed by atoms with Crippen LogP contribution in [0.15, 0.2) is 24.3 Å². The van der Waals surface area contributed by atoms with Crippen LogP contribution < -0.4 is 15.5 Å². The lowest BCUT2D eigenvalue weighted by Gasteiger charge is -2.14. The molecule has 3 N–H and O–H groups in total. The summed E-state index contributed by atoms with van der Waals surface area (Å²) in [6, 6.07) is 6.78. The van der Waals surface area contributed by atoms with E-state index in [9.17, 15) is 14.4 Å². The number of aliphatic carboxylic acids is 1. The van der Waals surface area contributed by atoms with Gasteiger partial charge in [0.1, 0.15) is 0 Å². The summed E-state index contributed by atoms with van der Waals surface area (Å²) in [5, 5.41) is 14.2. The Morgan fingerprint density at radius 2 is 1.95 bits per heavy atom. The van der Waals surface area contributed by atoms with Crippen molar-refractivity contribution < 1.29 is 19.5 Å². The summed E-state index contributed by atoms with van der Waals surface area (Å²) in [5.74, 6) is -2.19. The van der Waals surface area contributed by atoms with E-state index in [1.807, 2.05) is 0 Å². The standard InChI is InChI=1S/C14H15N3O4/c18-12(10-7-11(10)13(19)20)16-8-1-3-9(4-2-8)17-6-5-15-14(17)21/h1-4,10-11H,5-7H2,(H,15,21)(H,16,18)(H,19,20). The molecule has 3 rings (SSSR count). The van der Waals surface area contributed by atoms with Gasteiger partial charge in [-0.1, -0.05) is 0 Å². The van der Waals surface area contributed by atoms with Gasteiger partial charge in [-0.05, 0) is 30.7 Å². The predicted octanol–water partition coefficient (Wildman–Crippen LogP) is 0.875. The van der Waals surface area contributed by atoms with Gasteiger partial charge in [-0.25, -0.2) is 4.79 Å². The molecule has 1 aliphatic heterocycles. The van der Waals surface area contributed by atoms with Crippen LogP contribution in [0.4, 0.5) is 16.2 Å². The van der Waals surface area contributed by atoms with Gasteiger partial charge in [0.25, 0.3) is 0 Å². The van der Waals surface area contributed by atoms with Gasteiger partial charge in [-0.15, -0.1) is 0 Å². The van der Waals surface area contributed by atoms with Gasteiger partial charge >= 0.3 is 12.0 Å². The van der Waals surface area contributed by atoms with Crippen molar-refractivity contribution in [2.24, 2.45) is 11.8 Å². The SMILES string of the molecule is O=C(O)C1CC1C(=O)Nc1ccc(N2CCNC2=O)cc1. The first-order chi connectivity index (χ1) is 10.1. The third-order valence-electron chi connectivity index (χ3n) is 3.75. The number of hydrogen-bond acceptors (Lipinski definition) is 3. The molecule has 1 aromatic rings. The highest BCUT2D eigenvalue weighted by Gasteiger charge is 2.48. The number of benzene rings is 1. The summed E-state index contributed by atoms with van der Waals surface area (Å²) in [7, 11) is 0. The molecule has 1 saturated carbocycles. The number of amides is 3. The van der Waals surface area contributed by atoms with Gasteiger partial charge in [0.15, 0.2) is 0 Å². The lowest BCUT2D eigenvalue weighted by Crippen LogP contribution is -2.27. The number of carboxylic acids is 1. The Balaban J connectivity index is 1.61. The minimum Gasteiger partial charge on any atom is -0.481 e. The van der Waals surface area contributed by atoms with Gasteiger partial charge in [-0.3, -0.25) is 14.5 Å². The number of hydrogen-bond donors (Lipinski definition) is 3. The lowest BCUT2D eigenvalue weighted by molar-refractivity contribution is -0.139. The second-order valence-electron chi connectivity index (χ2n) is 5.21. The first-order valence-electron chi connectivity index (χ1n) is 6.75. The molecule has 1 saturated heterocycles. The molecule has 2 aliphatic rings. The van der Waals surface area contributed by atoms with E-state index in [0.717, 1.165) is 5.69 Å². The highest BCUT2D eigenvalue weighted by atomic mass is 16.4. The molecule has 7 heteroatoms. The van der Waals surface area contributed by atoms with E-state index in [4.69, 9.17) is 5.11 Å². The van der Waals surface area contributed by atoms with Crippen molar-refractivity contribution >= 4 is 29.3 Å². The molecule has 2 atom stereocenters. The number of carbonyl (C=O) groups is 3. The minimum atomic E-state index is -0.925. The highest BCUT2D eigenvalue weighted by molar-refractivity contribution is 5.98. The molecule has 0 bridgehead atoms. The molecular weight excluding hydrogens is 274 g/mol. The quantitative estimate of drug-likeness (QED) is 0.766. The van der Waals surface area contributed by atoms with Crippen molar-refractivity contribution in [3.8, 4) is 0 Å². The maximum absolute atomic E-state index is 11.8. The maximum Gasteiger partial charge on any atom is 0.321 e. The topological polar surface area (TPSA) is 98.7 Å². The van der Waals surface area contributed by atoms with Crippen molar-refractivity contribution in [3.05, 3.63) is 24.3 Å². The molecule has 21 heavy (non-hydrogen) atoms. The number of nitrogens with zero attached hydrogens (tertiary/aromatic N) is 1. The van der Waals surface area contributed by atoms with E-state index in [2.05, 4.69) is 10.6 Å². The Bertz CT molecular complexity index is 599. The van der Waals surface area contributed by atoms with Crippen molar-refractivity contribution in [1.29, 1.82) is 0 Å². The molecule has 2 unspecified atom stereocenters. The summed E-state index contributed by atoms with van der Waals surface area (Å²) >= 11 is 0. The first kappa shape index (κ1) is 13.4. The van der Waals surface area contributed by atoms with Crippen LogP contribution >= 0.6 is 0 Å². The molecule has 0 radical (unpaired) electrons. The molecule has 7 nitrogen and oxygen atoms in total. The number of urea groups is 1. The molecule has 0 aromatic heterocycles. The zero-order valence-electron chi connectivity index (χ0n) is 11.2. The number of anilines is 2. The van der Waals surface area contributed by atoms with Crippen LogP contribution in [0.1, 0.15) is 6.42 Å². The van der Waals surface area contributed by atoms with Crippen molar-refractivity contribution in [1.82, 2.24) is 5.32 Å². The van der Waals surface area contributed by atoms with Crippen LogP contribution in [-0.4, -0.2) is 36.1 Å². The maximum atomic E-state index is 11.8. The number of nitrogens with one attached hydrogen (secondary N) is 2. The van der Waals surface area contributed by atoms with Crippen LogP contribution in [0.2, 0.25) is 0 Å². The largest absolute Gasteiger partial charge is 0.481 e. The Kier molecular flexibility index (Phi) is 3.25. The average Bonchev–Trinajstić information content (AvgIpc) is 3.16. The molecule has 3 amide bonds. The summed E-state index contributed by atoms with van der Waals surface area (Å²) in [4.78, 5) is 35.7. The zero-order chi connectivity index (χ0) is 15.0. The fourth-order valence-corrected chi connectivity index (χ4v) is 2.44. The molecule has 110 valence electrons. The summed E-state index contributed by atoms with van der Waals surface area (Å²) < 4.78 is 0. The highest BCUT2D eigenvalue weighted by Crippen LogP contribution is 2.39. The lowest BCUT2D eigenvalue weighted by atomic mass is 10.2. The Morgan fingerprint density at radius 3 is 2.48 bits per heavy atom. The molecule has 2 fully saturated rings. The minimum absolute atomic E-state index is 0.130. The van der Waals surface area contributed by atoms with E-state index in [1.165, 1.54) is 0 Å². The monoisotopic (exact) mass is 289 g/mol. The summed E-state index contributed by atoms with van der Waals surface area (Å²) in [5.41, 5.74) is 1.36. The van der Waals surface area contributed by atoms with E-state index in [0.29, 0.717) is 25.2 Å².